The van der Waals surface area contributed by atoms with Crippen LogP contribution < -0.4 is 16.4 Å². The molecule has 5 nitrogen and oxygen atoms in total. The van der Waals surface area contributed by atoms with Gasteiger partial charge in [-0.15, -0.1) is 0 Å². The first-order valence-electron chi connectivity index (χ1n) is 5.54. The molecule has 0 unspecified atom stereocenters. The summed E-state index contributed by atoms with van der Waals surface area (Å²) in [7, 11) is 1.69. The average molecular weight is 240 g/mol. The van der Waals surface area contributed by atoms with Crippen LogP contribution in [0.15, 0.2) is 29.3 Å². The first-order chi connectivity index (χ1) is 8.66. The summed E-state index contributed by atoms with van der Waals surface area (Å²) in [4.78, 5) is 22.1. The number of hydrogen-bond donors (Lipinski definition) is 2. The molecule has 0 amide bonds. The second kappa shape index (κ2) is 3.73. The minimum atomic E-state index is -0.0850. The Morgan fingerprint density at radius 1 is 1.50 bits per heavy atom. The van der Waals surface area contributed by atoms with Crippen molar-refractivity contribution in [2.45, 2.75) is 0 Å². The molecule has 0 saturated heterocycles. The van der Waals surface area contributed by atoms with E-state index in [0.29, 0.717) is 10.8 Å². The van der Waals surface area contributed by atoms with Crippen molar-refractivity contribution in [3.63, 3.8) is 0 Å². The number of aromatic nitrogens is 4. The van der Waals surface area contributed by atoms with Gasteiger partial charge in [-0.1, -0.05) is 6.58 Å². The maximum absolute atomic E-state index is 11.9. The summed E-state index contributed by atoms with van der Waals surface area (Å²) >= 11 is 0. The van der Waals surface area contributed by atoms with Gasteiger partial charge in [0.1, 0.15) is 16.5 Å². The lowest BCUT2D eigenvalue weighted by Crippen LogP contribution is -2.28. The Balaban J connectivity index is 2.31. The Bertz CT molecular complexity index is 882. The number of imidazole rings is 1. The highest BCUT2D eigenvalue weighted by Gasteiger charge is 2.02. The van der Waals surface area contributed by atoms with E-state index in [1.165, 1.54) is 4.57 Å². The monoisotopic (exact) mass is 240 g/mol. The molecule has 18 heavy (non-hydrogen) atoms. The third-order valence-corrected chi connectivity index (χ3v) is 3.00. The number of H-pyrrole nitrogens is 2. The van der Waals surface area contributed by atoms with E-state index in [2.05, 4.69) is 21.5 Å². The van der Waals surface area contributed by atoms with Crippen LogP contribution in [0.4, 0.5) is 0 Å². The molecule has 2 N–H and O–H groups in total. The molecule has 0 spiro atoms. The molecule has 0 radical (unpaired) electrons. The van der Waals surface area contributed by atoms with Gasteiger partial charge >= 0.3 is 0 Å². The van der Waals surface area contributed by atoms with Crippen molar-refractivity contribution in [3.8, 4) is 0 Å². The SMILES string of the molecule is C=c1[nH]c(=Cc2c[nH]c3ncccc23)c(=O)n1C. The fraction of sp³-hybridized carbons (Fsp3) is 0.0769. The summed E-state index contributed by atoms with van der Waals surface area (Å²) in [5, 5.41) is 1.51. The van der Waals surface area contributed by atoms with Crippen LogP contribution in [0.5, 0.6) is 0 Å². The van der Waals surface area contributed by atoms with Crippen LogP contribution in [0.1, 0.15) is 5.56 Å². The maximum atomic E-state index is 11.9. The predicted octanol–water partition coefficient (Wildman–Crippen LogP) is -0.171. The van der Waals surface area contributed by atoms with Crippen LogP contribution in [0, 0.1) is 0 Å². The minimum absolute atomic E-state index is 0.0850. The number of hydrogen-bond acceptors (Lipinski definition) is 2. The van der Waals surface area contributed by atoms with E-state index in [0.717, 1.165) is 16.6 Å². The quantitative estimate of drug-likeness (QED) is 0.620. The van der Waals surface area contributed by atoms with E-state index in [-0.39, 0.29) is 5.56 Å². The average Bonchev–Trinajstić information content (AvgIpc) is 2.89. The second-order valence-electron chi connectivity index (χ2n) is 4.14. The molecular formula is C13H12N4O. The summed E-state index contributed by atoms with van der Waals surface area (Å²) in [5.74, 6) is 0. The van der Waals surface area contributed by atoms with Crippen molar-refractivity contribution in [2.24, 2.45) is 7.05 Å². The maximum Gasteiger partial charge on any atom is 0.275 e. The smallest absolute Gasteiger partial charge is 0.275 e. The van der Waals surface area contributed by atoms with Crippen LogP contribution in [0.25, 0.3) is 23.7 Å². The van der Waals surface area contributed by atoms with Crippen molar-refractivity contribution in [2.75, 3.05) is 0 Å². The van der Waals surface area contributed by atoms with E-state index < -0.39 is 0 Å². The van der Waals surface area contributed by atoms with Gasteiger partial charge in [0.2, 0.25) is 0 Å². The molecule has 0 aromatic carbocycles. The van der Waals surface area contributed by atoms with E-state index in [9.17, 15) is 4.79 Å². The van der Waals surface area contributed by atoms with Crippen LogP contribution >= 0.6 is 0 Å². The van der Waals surface area contributed by atoms with Crippen LogP contribution in [0.2, 0.25) is 0 Å². The summed E-state index contributed by atoms with van der Waals surface area (Å²) < 4.78 is 1.49. The van der Waals surface area contributed by atoms with Crippen molar-refractivity contribution >= 4 is 23.7 Å². The van der Waals surface area contributed by atoms with Crippen LogP contribution in [0.3, 0.4) is 0 Å². The number of nitrogens with one attached hydrogen (secondary N) is 2. The molecule has 0 saturated carbocycles. The van der Waals surface area contributed by atoms with Gasteiger partial charge in [-0.05, 0) is 18.2 Å². The number of pyridine rings is 1. The Morgan fingerprint density at radius 3 is 3.06 bits per heavy atom. The predicted molar refractivity (Wildman–Crippen MR) is 70.5 cm³/mol. The molecule has 3 heterocycles. The van der Waals surface area contributed by atoms with Gasteiger partial charge in [0.25, 0.3) is 5.56 Å². The first-order valence-corrected chi connectivity index (χ1v) is 5.54. The zero-order valence-corrected chi connectivity index (χ0v) is 9.90. The minimum Gasteiger partial charge on any atom is -0.346 e. The molecule has 0 aliphatic rings. The number of aromatic amines is 2. The van der Waals surface area contributed by atoms with Gasteiger partial charge in [-0.25, -0.2) is 4.98 Å². The lowest BCUT2D eigenvalue weighted by atomic mass is 10.2. The van der Waals surface area contributed by atoms with Crippen molar-refractivity contribution in [3.05, 3.63) is 51.3 Å². The molecule has 3 aromatic rings. The zero-order chi connectivity index (χ0) is 12.7. The van der Waals surface area contributed by atoms with E-state index >= 15 is 0 Å². The Morgan fingerprint density at radius 2 is 2.33 bits per heavy atom. The Labute approximate surface area is 102 Å². The topological polar surface area (TPSA) is 66.5 Å². The first kappa shape index (κ1) is 10.6. The summed E-state index contributed by atoms with van der Waals surface area (Å²) in [6.45, 7) is 3.76. The summed E-state index contributed by atoms with van der Waals surface area (Å²) in [6.07, 6.45) is 5.36. The van der Waals surface area contributed by atoms with E-state index in [1.807, 2.05) is 18.3 Å². The highest BCUT2D eigenvalue weighted by atomic mass is 16.1. The van der Waals surface area contributed by atoms with Crippen LogP contribution in [-0.2, 0) is 7.05 Å². The molecule has 3 aromatic heterocycles. The van der Waals surface area contributed by atoms with Gasteiger partial charge in [-0.3, -0.25) is 9.36 Å². The summed E-state index contributed by atoms with van der Waals surface area (Å²) in [5.41, 5.74) is 2.24. The molecule has 0 aliphatic heterocycles. The number of rotatable bonds is 1. The Kier molecular flexibility index (Phi) is 2.19. The van der Waals surface area contributed by atoms with Gasteiger partial charge in [0.15, 0.2) is 0 Å². The van der Waals surface area contributed by atoms with Crippen molar-refractivity contribution in [1.29, 1.82) is 0 Å². The molecule has 0 bridgehead atoms. The van der Waals surface area contributed by atoms with Gasteiger partial charge in [0.05, 0.1) is 0 Å². The summed E-state index contributed by atoms with van der Waals surface area (Å²) in [6, 6.07) is 3.83. The third kappa shape index (κ3) is 1.48. The van der Waals surface area contributed by atoms with Crippen molar-refractivity contribution < 1.29 is 0 Å². The number of fused-ring (bicyclic) bond motifs is 1. The molecule has 90 valence electrons. The number of nitrogens with zero attached hydrogens (tertiary/aromatic N) is 2. The fourth-order valence-corrected chi connectivity index (χ4v) is 1.95. The molecule has 0 aliphatic carbocycles. The fourth-order valence-electron chi connectivity index (χ4n) is 1.95. The molecule has 0 atom stereocenters. The molecule has 0 fully saturated rings. The van der Waals surface area contributed by atoms with Crippen molar-refractivity contribution in [1.82, 2.24) is 19.5 Å². The zero-order valence-electron chi connectivity index (χ0n) is 9.90. The molecular weight excluding hydrogens is 228 g/mol. The highest BCUT2D eigenvalue weighted by molar-refractivity contribution is 5.85. The lowest BCUT2D eigenvalue weighted by Gasteiger charge is -1.88. The second-order valence-corrected chi connectivity index (χ2v) is 4.14. The van der Waals surface area contributed by atoms with E-state index in [1.54, 1.807) is 19.3 Å². The third-order valence-electron chi connectivity index (χ3n) is 3.00. The lowest BCUT2D eigenvalue weighted by molar-refractivity contribution is 0.840. The van der Waals surface area contributed by atoms with Gasteiger partial charge in [-0.2, -0.15) is 0 Å². The standard InChI is InChI=1S/C13H12N4O/c1-8-16-11(13(18)17(8)2)6-9-7-15-12-10(9)4-3-5-14-12/h3-7,16H,1H2,2H3,(H,14,15). The highest BCUT2D eigenvalue weighted by Crippen LogP contribution is 2.15. The van der Waals surface area contributed by atoms with Gasteiger partial charge in [0, 0.05) is 30.4 Å². The molecule has 3 rings (SSSR count). The Hall–Kier alpha value is -2.56. The van der Waals surface area contributed by atoms with E-state index in [4.69, 9.17) is 0 Å². The molecule has 5 heteroatoms. The van der Waals surface area contributed by atoms with Gasteiger partial charge < -0.3 is 9.97 Å². The largest absolute Gasteiger partial charge is 0.346 e. The van der Waals surface area contributed by atoms with Crippen LogP contribution in [-0.4, -0.2) is 19.5 Å². The normalized spacial score (nSPS) is 12.4.